The maximum Gasteiger partial charge on any atom is 0.336 e. The van der Waals surface area contributed by atoms with E-state index in [0.717, 1.165) is 6.07 Å². The Labute approximate surface area is 103 Å². The molecule has 0 bridgehead atoms. The minimum Gasteiger partial charge on any atom is -0.478 e. The molecule has 0 saturated heterocycles. The predicted molar refractivity (Wildman–Crippen MR) is 62.8 cm³/mol. The molecule has 0 aliphatic heterocycles. The highest BCUT2D eigenvalue weighted by Crippen LogP contribution is 2.24. The van der Waals surface area contributed by atoms with Gasteiger partial charge in [-0.1, -0.05) is 0 Å². The third-order valence-electron chi connectivity index (χ3n) is 2.52. The molecule has 18 heavy (non-hydrogen) atoms. The standard InChI is InChI=1S/C12H12FN3O2/c1-7(2)16-11(14-6-15-16)9-4-3-8(13)5-10(9)12(17)18/h3-7H,1-2H3,(H,17,18). The fourth-order valence-electron chi connectivity index (χ4n) is 1.71. The number of halogens is 1. The van der Waals surface area contributed by atoms with E-state index in [1.54, 1.807) is 4.68 Å². The van der Waals surface area contributed by atoms with Crippen molar-refractivity contribution < 1.29 is 14.3 Å². The van der Waals surface area contributed by atoms with Gasteiger partial charge in [0.15, 0.2) is 5.82 Å². The van der Waals surface area contributed by atoms with Gasteiger partial charge in [0.2, 0.25) is 0 Å². The molecule has 0 fully saturated rings. The Morgan fingerprint density at radius 1 is 1.44 bits per heavy atom. The van der Waals surface area contributed by atoms with Gasteiger partial charge in [-0.2, -0.15) is 5.10 Å². The van der Waals surface area contributed by atoms with Crippen molar-refractivity contribution in [2.24, 2.45) is 0 Å². The van der Waals surface area contributed by atoms with Crippen LogP contribution in [0.4, 0.5) is 4.39 Å². The lowest BCUT2D eigenvalue weighted by atomic mass is 10.1. The normalized spacial score (nSPS) is 10.9. The van der Waals surface area contributed by atoms with Gasteiger partial charge >= 0.3 is 5.97 Å². The van der Waals surface area contributed by atoms with Crippen LogP contribution in [0.3, 0.4) is 0 Å². The van der Waals surface area contributed by atoms with Gasteiger partial charge < -0.3 is 5.11 Å². The molecule has 1 N–H and O–H groups in total. The average molecular weight is 249 g/mol. The highest BCUT2D eigenvalue weighted by molar-refractivity contribution is 5.95. The fourth-order valence-corrected chi connectivity index (χ4v) is 1.71. The van der Waals surface area contributed by atoms with Crippen molar-refractivity contribution in [1.29, 1.82) is 0 Å². The van der Waals surface area contributed by atoms with Crippen molar-refractivity contribution in [1.82, 2.24) is 14.8 Å². The van der Waals surface area contributed by atoms with Crippen molar-refractivity contribution in [2.45, 2.75) is 19.9 Å². The molecule has 6 heteroatoms. The monoisotopic (exact) mass is 249 g/mol. The first-order valence-electron chi connectivity index (χ1n) is 5.43. The van der Waals surface area contributed by atoms with Crippen LogP contribution in [-0.4, -0.2) is 25.8 Å². The van der Waals surface area contributed by atoms with Gasteiger partial charge in [-0.3, -0.25) is 0 Å². The zero-order chi connectivity index (χ0) is 13.3. The molecular formula is C12H12FN3O2. The van der Waals surface area contributed by atoms with E-state index in [0.29, 0.717) is 11.4 Å². The summed E-state index contributed by atoms with van der Waals surface area (Å²) < 4.78 is 14.7. The summed E-state index contributed by atoms with van der Waals surface area (Å²) in [5.74, 6) is -1.36. The molecule has 0 radical (unpaired) electrons. The maximum atomic E-state index is 13.1. The molecule has 0 spiro atoms. The number of nitrogens with zero attached hydrogens (tertiary/aromatic N) is 3. The Morgan fingerprint density at radius 2 is 2.17 bits per heavy atom. The lowest BCUT2D eigenvalue weighted by Crippen LogP contribution is -2.08. The van der Waals surface area contributed by atoms with E-state index in [1.165, 1.54) is 18.5 Å². The molecule has 0 atom stereocenters. The number of rotatable bonds is 3. The number of benzene rings is 1. The van der Waals surface area contributed by atoms with E-state index in [-0.39, 0.29) is 11.6 Å². The molecule has 5 nitrogen and oxygen atoms in total. The summed E-state index contributed by atoms with van der Waals surface area (Å²) in [6, 6.07) is 3.63. The summed E-state index contributed by atoms with van der Waals surface area (Å²) in [6.45, 7) is 3.81. The van der Waals surface area contributed by atoms with Gasteiger partial charge in [0.05, 0.1) is 5.56 Å². The number of carbonyl (C=O) groups is 1. The van der Waals surface area contributed by atoms with E-state index in [1.807, 2.05) is 13.8 Å². The molecule has 0 aliphatic rings. The summed E-state index contributed by atoms with van der Waals surface area (Å²) in [7, 11) is 0. The van der Waals surface area contributed by atoms with E-state index < -0.39 is 11.8 Å². The van der Waals surface area contributed by atoms with Crippen LogP contribution in [0.1, 0.15) is 30.2 Å². The molecule has 1 heterocycles. The zero-order valence-electron chi connectivity index (χ0n) is 9.96. The highest BCUT2D eigenvalue weighted by atomic mass is 19.1. The van der Waals surface area contributed by atoms with Crippen LogP contribution >= 0.6 is 0 Å². The summed E-state index contributed by atoms with van der Waals surface area (Å²) >= 11 is 0. The first-order valence-corrected chi connectivity index (χ1v) is 5.43. The lowest BCUT2D eigenvalue weighted by Gasteiger charge is -2.11. The summed E-state index contributed by atoms with van der Waals surface area (Å²) in [5.41, 5.74) is 0.236. The third kappa shape index (κ3) is 2.09. The number of hydrogen-bond donors (Lipinski definition) is 1. The number of hydrogen-bond acceptors (Lipinski definition) is 3. The molecule has 2 aromatic rings. The lowest BCUT2D eigenvalue weighted by molar-refractivity contribution is 0.0697. The molecule has 0 unspecified atom stereocenters. The SMILES string of the molecule is CC(C)n1ncnc1-c1ccc(F)cc1C(=O)O. The summed E-state index contributed by atoms with van der Waals surface area (Å²) in [5, 5.41) is 13.1. The predicted octanol–water partition coefficient (Wildman–Crippen LogP) is 2.36. The van der Waals surface area contributed by atoms with Gasteiger partial charge in [-0.25, -0.2) is 18.9 Å². The van der Waals surface area contributed by atoms with Crippen LogP contribution in [0.25, 0.3) is 11.4 Å². The second-order valence-corrected chi connectivity index (χ2v) is 4.12. The van der Waals surface area contributed by atoms with Crippen LogP contribution < -0.4 is 0 Å². The topological polar surface area (TPSA) is 68.0 Å². The molecule has 94 valence electrons. The number of aromatic nitrogens is 3. The smallest absolute Gasteiger partial charge is 0.336 e. The van der Waals surface area contributed by atoms with Gasteiger partial charge in [-0.05, 0) is 32.0 Å². The maximum absolute atomic E-state index is 13.1. The van der Waals surface area contributed by atoms with Gasteiger partial charge in [0.1, 0.15) is 12.1 Å². The Morgan fingerprint density at radius 3 is 2.78 bits per heavy atom. The molecule has 2 rings (SSSR count). The van der Waals surface area contributed by atoms with E-state index in [2.05, 4.69) is 10.1 Å². The Hall–Kier alpha value is -2.24. The van der Waals surface area contributed by atoms with Crippen LogP contribution in [0, 0.1) is 5.82 Å². The minimum atomic E-state index is -1.19. The number of aromatic carboxylic acids is 1. The molecule has 1 aromatic carbocycles. The summed E-state index contributed by atoms with van der Waals surface area (Å²) in [4.78, 5) is 15.2. The van der Waals surface area contributed by atoms with Crippen molar-refractivity contribution in [3.63, 3.8) is 0 Å². The quantitative estimate of drug-likeness (QED) is 0.906. The Bertz CT molecular complexity index is 593. The van der Waals surface area contributed by atoms with Gasteiger partial charge in [0, 0.05) is 11.6 Å². The molecule has 0 aliphatic carbocycles. The molecule has 0 saturated carbocycles. The number of carboxylic acids is 1. The first-order chi connectivity index (χ1) is 8.50. The minimum absolute atomic E-state index is 0.0363. The molecule has 0 amide bonds. The van der Waals surface area contributed by atoms with Crippen LogP contribution in [-0.2, 0) is 0 Å². The van der Waals surface area contributed by atoms with E-state index in [4.69, 9.17) is 5.11 Å². The van der Waals surface area contributed by atoms with Gasteiger partial charge in [0.25, 0.3) is 0 Å². The van der Waals surface area contributed by atoms with Gasteiger partial charge in [-0.15, -0.1) is 0 Å². The van der Waals surface area contributed by atoms with Crippen molar-refractivity contribution in [2.75, 3.05) is 0 Å². The van der Waals surface area contributed by atoms with Crippen molar-refractivity contribution in [3.8, 4) is 11.4 Å². The fraction of sp³-hybridized carbons (Fsp3) is 0.250. The molecular weight excluding hydrogens is 237 g/mol. The van der Waals surface area contributed by atoms with Crippen LogP contribution in [0.15, 0.2) is 24.5 Å². The largest absolute Gasteiger partial charge is 0.478 e. The van der Waals surface area contributed by atoms with E-state index in [9.17, 15) is 9.18 Å². The van der Waals surface area contributed by atoms with Crippen molar-refractivity contribution >= 4 is 5.97 Å². The van der Waals surface area contributed by atoms with Crippen molar-refractivity contribution in [3.05, 3.63) is 35.9 Å². The Kier molecular flexibility index (Phi) is 3.10. The van der Waals surface area contributed by atoms with E-state index >= 15 is 0 Å². The third-order valence-corrected chi connectivity index (χ3v) is 2.52. The Balaban J connectivity index is 2.63. The second kappa shape index (κ2) is 4.56. The first kappa shape index (κ1) is 12.2. The number of carboxylic acid groups (broad SMARTS) is 1. The van der Waals surface area contributed by atoms with Crippen LogP contribution in [0.2, 0.25) is 0 Å². The summed E-state index contributed by atoms with van der Waals surface area (Å²) in [6.07, 6.45) is 1.35. The van der Waals surface area contributed by atoms with Crippen LogP contribution in [0.5, 0.6) is 0 Å². The second-order valence-electron chi connectivity index (χ2n) is 4.12. The zero-order valence-corrected chi connectivity index (χ0v) is 9.96. The highest BCUT2D eigenvalue weighted by Gasteiger charge is 2.18. The molecule has 1 aromatic heterocycles. The average Bonchev–Trinajstić information content (AvgIpc) is 2.77.